The lowest BCUT2D eigenvalue weighted by molar-refractivity contribution is 0.190. The molecule has 1 aromatic heterocycles. The van der Waals surface area contributed by atoms with Gasteiger partial charge < -0.3 is 15.5 Å². The first kappa shape index (κ1) is 16.3. The van der Waals surface area contributed by atoms with Crippen LogP contribution in [0.25, 0.3) is 0 Å². The quantitative estimate of drug-likeness (QED) is 0.794. The van der Waals surface area contributed by atoms with Crippen molar-refractivity contribution in [3.63, 3.8) is 0 Å². The number of hydrogen-bond donors (Lipinski definition) is 2. The van der Waals surface area contributed by atoms with Gasteiger partial charge in [0.25, 0.3) is 0 Å². The number of urea groups is 1. The molecule has 0 saturated carbocycles. The molecule has 2 heterocycles. The molecule has 1 aliphatic rings. The van der Waals surface area contributed by atoms with Crippen molar-refractivity contribution >= 4 is 17.4 Å². The molecule has 0 unspecified atom stereocenters. The Kier molecular flexibility index (Phi) is 6.51. The highest BCUT2D eigenvalue weighted by Gasteiger charge is 2.14. The van der Waals surface area contributed by atoms with Gasteiger partial charge in [-0.25, -0.2) is 4.79 Å². The molecule has 0 radical (unpaired) electrons. The van der Waals surface area contributed by atoms with Gasteiger partial charge in [0, 0.05) is 11.4 Å². The van der Waals surface area contributed by atoms with Crippen molar-refractivity contribution in [1.82, 2.24) is 15.5 Å². The molecule has 2 N–H and O–H groups in total. The van der Waals surface area contributed by atoms with Gasteiger partial charge in [-0.15, -0.1) is 11.3 Å². The Labute approximate surface area is 131 Å². The van der Waals surface area contributed by atoms with Crippen LogP contribution in [-0.2, 0) is 6.54 Å². The molecule has 0 atom stereocenters. The van der Waals surface area contributed by atoms with Gasteiger partial charge in [-0.2, -0.15) is 0 Å². The average Bonchev–Trinajstić information content (AvgIpc) is 2.89. The lowest BCUT2D eigenvalue weighted by Crippen LogP contribution is -2.38. The summed E-state index contributed by atoms with van der Waals surface area (Å²) in [6.07, 6.45) is 3.65. The zero-order valence-corrected chi connectivity index (χ0v) is 14.0. The minimum atomic E-state index is -0.0601. The van der Waals surface area contributed by atoms with Crippen LogP contribution in [0.5, 0.6) is 0 Å². The number of thiophene rings is 1. The molecule has 4 nitrogen and oxygen atoms in total. The Morgan fingerprint density at radius 2 is 2.14 bits per heavy atom. The molecule has 0 bridgehead atoms. The normalized spacial score (nSPS) is 16.9. The lowest BCUT2D eigenvalue weighted by Gasteiger charge is -2.30. The second-order valence-electron chi connectivity index (χ2n) is 6.01. The molecular weight excluding hydrogens is 282 g/mol. The number of nitrogens with zero attached hydrogens (tertiary/aromatic N) is 1. The van der Waals surface area contributed by atoms with Crippen LogP contribution in [-0.4, -0.2) is 37.1 Å². The third kappa shape index (κ3) is 5.67. The van der Waals surface area contributed by atoms with Crippen molar-refractivity contribution in [1.29, 1.82) is 0 Å². The minimum Gasteiger partial charge on any atom is -0.338 e. The van der Waals surface area contributed by atoms with Gasteiger partial charge in [-0.1, -0.05) is 6.92 Å². The molecule has 1 saturated heterocycles. The average molecular weight is 309 g/mol. The number of carbonyl (C=O) groups excluding carboxylic acids is 1. The van der Waals surface area contributed by atoms with Crippen molar-refractivity contribution in [2.45, 2.75) is 39.7 Å². The van der Waals surface area contributed by atoms with Crippen LogP contribution in [0.15, 0.2) is 11.4 Å². The Morgan fingerprint density at radius 3 is 2.81 bits per heavy atom. The van der Waals surface area contributed by atoms with Crippen LogP contribution in [0.2, 0.25) is 0 Å². The Morgan fingerprint density at radius 1 is 1.38 bits per heavy atom. The summed E-state index contributed by atoms with van der Waals surface area (Å²) in [5.41, 5.74) is 1.25. The van der Waals surface area contributed by atoms with E-state index in [1.165, 1.54) is 36.4 Å². The Bertz CT molecular complexity index is 438. The van der Waals surface area contributed by atoms with Gasteiger partial charge >= 0.3 is 6.03 Å². The third-order valence-electron chi connectivity index (χ3n) is 4.19. The summed E-state index contributed by atoms with van der Waals surface area (Å²) >= 11 is 1.69. The van der Waals surface area contributed by atoms with Crippen molar-refractivity contribution in [2.24, 2.45) is 5.92 Å². The summed E-state index contributed by atoms with van der Waals surface area (Å²) in [6.45, 7) is 9.30. The van der Waals surface area contributed by atoms with Crippen LogP contribution >= 0.6 is 11.3 Å². The summed E-state index contributed by atoms with van der Waals surface area (Å²) in [5, 5.41) is 7.92. The van der Waals surface area contributed by atoms with Gasteiger partial charge in [0.05, 0.1) is 6.54 Å². The van der Waals surface area contributed by atoms with Crippen LogP contribution in [0.4, 0.5) is 4.79 Å². The van der Waals surface area contributed by atoms with Crippen LogP contribution < -0.4 is 10.6 Å². The summed E-state index contributed by atoms with van der Waals surface area (Å²) in [7, 11) is 0. The summed E-state index contributed by atoms with van der Waals surface area (Å²) in [6, 6.07) is 2.02. The van der Waals surface area contributed by atoms with E-state index in [0.717, 1.165) is 25.4 Å². The fourth-order valence-electron chi connectivity index (χ4n) is 2.60. The maximum Gasteiger partial charge on any atom is 0.315 e. The highest BCUT2D eigenvalue weighted by Crippen LogP contribution is 2.16. The molecule has 1 aliphatic heterocycles. The van der Waals surface area contributed by atoms with Gasteiger partial charge in [0.1, 0.15) is 0 Å². The molecule has 2 amide bonds. The van der Waals surface area contributed by atoms with E-state index in [-0.39, 0.29) is 6.03 Å². The highest BCUT2D eigenvalue weighted by atomic mass is 32.1. The van der Waals surface area contributed by atoms with E-state index in [4.69, 9.17) is 0 Å². The topological polar surface area (TPSA) is 44.4 Å². The highest BCUT2D eigenvalue weighted by molar-refractivity contribution is 7.10. The molecule has 0 spiro atoms. The van der Waals surface area contributed by atoms with E-state index >= 15 is 0 Å². The predicted octanol–water partition coefficient (Wildman–Crippen LogP) is 2.98. The first-order chi connectivity index (χ1) is 10.1. The SMILES string of the molecule is Cc1ccsc1CNC(=O)NCCCN1CCC(C)CC1. The molecular formula is C16H27N3OS. The van der Waals surface area contributed by atoms with Crippen LogP contribution in [0.3, 0.4) is 0 Å². The van der Waals surface area contributed by atoms with Crippen molar-refractivity contribution in [2.75, 3.05) is 26.2 Å². The number of carbonyl (C=O) groups is 1. The van der Waals surface area contributed by atoms with E-state index in [1.807, 2.05) is 0 Å². The van der Waals surface area contributed by atoms with E-state index in [1.54, 1.807) is 11.3 Å². The van der Waals surface area contributed by atoms with Crippen molar-refractivity contribution < 1.29 is 4.79 Å². The molecule has 21 heavy (non-hydrogen) atoms. The minimum absolute atomic E-state index is 0.0601. The van der Waals surface area contributed by atoms with E-state index in [9.17, 15) is 4.79 Å². The predicted molar refractivity (Wildman–Crippen MR) is 88.7 cm³/mol. The number of hydrogen-bond acceptors (Lipinski definition) is 3. The second kappa shape index (κ2) is 8.39. The monoisotopic (exact) mass is 309 g/mol. The Hall–Kier alpha value is -1.07. The molecule has 1 aromatic rings. The largest absolute Gasteiger partial charge is 0.338 e. The first-order valence-corrected chi connectivity index (χ1v) is 8.80. The number of piperidine rings is 1. The van der Waals surface area contributed by atoms with E-state index in [0.29, 0.717) is 6.54 Å². The second-order valence-corrected chi connectivity index (χ2v) is 7.01. The first-order valence-electron chi connectivity index (χ1n) is 7.92. The lowest BCUT2D eigenvalue weighted by atomic mass is 9.99. The zero-order chi connectivity index (χ0) is 15.1. The standard InChI is InChI=1S/C16H27N3OS/c1-13-4-9-19(10-5-13)8-3-7-17-16(20)18-12-15-14(2)6-11-21-15/h6,11,13H,3-5,7-10,12H2,1-2H3,(H2,17,18,20). The number of aryl methyl sites for hydroxylation is 1. The molecule has 1 fully saturated rings. The molecule has 0 aliphatic carbocycles. The Balaban J connectivity index is 1.52. The molecule has 118 valence electrons. The maximum atomic E-state index is 11.7. The van der Waals surface area contributed by atoms with Gasteiger partial charge in [-0.3, -0.25) is 0 Å². The van der Waals surface area contributed by atoms with Crippen LogP contribution in [0, 0.1) is 12.8 Å². The summed E-state index contributed by atoms with van der Waals surface area (Å²) in [4.78, 5) is 15.5. The number of likely N-dealkylation sites (tertiary alicyclic amines) is 1. The third-order valence-corrected chi connectivity index (χ3v) is 5.21. The van der Waals surface area contributed by atoms with Crippen molar-refractivity contribution in [3.8, 4) is 0 Å². The molecule has 0 aromatic carbocycles. The van der Waals surface area contributed by atoms with Gasteiger partial charge in [0.15, 0.2) is 0 Å². The fourth-order valence-corrected chi connectivity index (χ4v) is 3.44. The maximum absolute atomic E-state index is 11.7. The molecule has 2 rings (SSSR count). The van der Waals surface area contributed by atoms with Gasteiger partial charge in [-0.05, 0) is 68.7 Å². The van der Waals surface area contributed by atoms with Gasteiger partial charge in [0.2, 0.25) is 0 Å². The number of rotatable bonds is 6. The number of amides is 2. The smallest absolute Gasteiger partial charge is 0.315 e. The summed E-state index contributed by atoms with van der Waals surface area (Å²) in [5.74, 6) is 0.880. The fraction of sp³-hybridized carbons (Fsp3) is 0.688. The van der Waals surface area contributed by atoms with Crippen molar-refractivity contribution in [3.05, 3.63) is 21.9 Å². The van der Waals surface area contributed by atoms with Crippen LogP contribution in [0.1, 0.15) is 36.6 Å². The summed E-state index contributed by atoms with van der Waals surface area (Å²) < 4.78 is 0. The zero-order valence-electron chi connectivity index (χ0n) is 13.2. The van der Waals surface area contributed by atoms with E-state index < -0.39 is 0 Å². The molecule has 5 heteroatoms. The van der Waals surface area contributed by atoms with E-state index in [2.05, 4.69) is 40.8 Å². The number of nitrogens with one attached hydrogen (secondary N) is 2.